The molecule has 1 aliphatic rings. The van der Waals surface area contributed by atoms with Crippen LogP contribution >= 0.6 is 0 Å². The van der Waals surface area contributed by atoms with Crippen LogP contribution in [0.2, 0.25) is 0 Å². The average molecular weight is 293 g/mol. The van der Waals surface area contributed by atoms with Gasteiger partial charge in [0.25, 0.3) is 0 Å². The highest BCUT2D eigenvalue weighted by atomic mass is 16.5. The zero-order chi connectivity index (χ0) is 15.2. The predicted molar refractivity (Wildman–Crippen MR) is 83.4 cm³/mol. The third-order valence-corrected chi connectivity index (χ3v) is 4.40. The highest BCUT2D eigenvalue weighted by Crippen LogP contribution is 2.33. The molecule has 0 saturated heterocycles. The van der Waals surface area contributed by atoms with Crippen molar-refractivity contribution in [3.05, 3.63) is 35.4 Å². The van der Waals surface area contributed by atoms with Crippen molar-refractivity contribution in [3.63, 3.8) is 0 Å². The summed E-state index contributed by atoms with van der Waals surface area (Å²) < 4.78 is 10.5. The molecule has 0 heterocycles. The fourth-order valence-electron chi connectivity index (χ4n) is 3.31. The zero-order valence-corrected chi connectivity index (χ0v) is 13.3. The Bertz CT molecular complexity index is 438. The van der Waals surface area contributed by atoms with E-state index in [-0.39, 0.29) is 12.1 Å². The molecule has 1 aromatic carbocycles. The molecule has 1 aromatic rings. The zero-order valence-electron chi connectivity index (χ0n) is 13.3. The Balaban J connectivity index is 2.16. The Labute approximate surface area is 127 Å². The number of hydrogen-bond acceptors (Lipinski definition) is 4. The van der Waals surface area contributed by atoms with Crippen molar-refractivity contribution in [2.45, 2.75) is 38.0 Å². The Hall–Kier alpha value is -0.940. The van der Waals surface area contributed by atoms with E-state index in [1.165, 1.54) is 5.56 Å². The molecular weight excluding hydrogens is 266 g/mol. The second-order valence-electron chi connectivity index (χ2n) is 5.78. The monoisotopic (exact) mass is 293 g/mol. The van der Waals surface area contributed by atoms with Crippen LogP contribution in [0.3, 0.4) is 0 Å². The Kier molecular flexibility index (Phi) is 6.18. The van der Waals surface area contributed by atoms with Gasteiger partial charge in [0, 0.05) is 32.8 Å². The number of aliphatic hydroxyl groups excluding tert-OH is 1. The molecule has 0 aliphatic heterocycles. The topological polar surface area (TPSA) is 41.9 Å². The highest BCUT2D eigenvalue weighted by molar-refractivity contribution is 5.32. The standard InChI is InChI=1S/C17H27NO3/c1-13(12-21-3)18(10-11-20-2)16-9-8-14-6-4-5-7-15(14)17(16)19/h4-7,13,16-17,19H,8-12H2,1-3H3. The quantitative estimate of drug-likeness (QED) is 0.835. The molecule has 0 fully saturated rings. The normalized spacial score (nSPS) is 23.1. The lowest BCUT2D eigenvalue weighted by Gasteiger charge is -2.41. The molecule has 3 atom stereocenters. The van der Waals surface area contributed by atoms with Crippen molar-refractivity contribution in [1.29, 1.82) is 0 Å². The van der Waals surface area contributed by atoms with Crippen LogP contribution in [0.25, 0.3) is 0 Å². The van der Waals surface area contributed by atoms with Gasteiger partial charge < -0.3 is 14.6 Å². The minimum Gasteiger partial charge on any atom is -0.387 e. The minimum atomic E-state index is -0.439. The molecule has 0 saturated carbocycles. The first kappa shape index (κ1) is 16.4. The second kappa shape index (κ2) is 7.90. The number of fused-ring (bicyclic) bond motifs is 1. The molecule has 21 heavy (non-hydrogen) atoms. The van der Waals surface area contributed by atoms with Crippen LogP contribution in [0.1, 0.15) is 30.6 Å². The lowest BCUT2D eigenvalue weighted by Crippen LogP contribution is -2.49. The van der Waals surface area contributed by atoms with Gasteiger partial charge in [-0.3, -0.25) is 4.90 Å². The predicted octanol–water partition coefficient (Wildman–Crippen LogP) is 2.02. The van der Waals surface area contributed by atoms with E-state index in [1.54, 1.807) is 14.2 Å². The number of methoxy groups -OCH3 is 2. The van der Waals surface area contributed by atoms with Crippen LogP contribution in [0.4, 0.5) is 0 Å². The fourth-order valence-corrected chi connectivity index (χ4v) is 3.31. The summed E-state index contributed by atoms with van der Waals surface area (Å²) in [6, 6.07) is 8.59. The van der Waals surface area contributed by atoms with Gasteiger partial charge in [-0.05, 0) is 30.9 Å². The van der Waals surface area contributed by atoms with Crippen molar-refractivity contribution in [1.82, 2.24) is 4.90 Å². The maximum atomic E-state index is 10.8. The summed E-state index contributed by atoms with van der Waals surface area (Å²) in [6.45, 7) is 4.28. The van der Waals surface area contributed by atoms with Gasteiger partial charge in [0.2, 0.25) is 0 Å². The smallest absolute Gasteiger partial charge is 0.0948 e. The van der Waals surface area contributed by atoms with Gasteiger partial charge in [-0.15, -0.1) is 0 Å². The molecule has 118 valence electrons. The Morgan fingerprint density at radius 3 is 2.76 bits per heavy atom. The molecule has 0 aromatic heterocycles. The van der Waals surface area contributed by atoms with Crippen molar-refractivity contribution >= 4 is 0 Å². The summed E-state index contributed by atoms with van der Waals surface area (Å²) in [4.78, 5) is 2.33. The van der Waals surface area contributed by atoms with E-state index in [1.807, 2.05) is 18.2 Å². The van der Waals surface area contributed by atoms with Crippen molar-refractivity contribution in [2.75, 3.05) is 34.0 Å². The lowest BCUT2D eigenvalue weighted by molar-refractivity contribution is -0.0158. The molecule has 1 N–H and O–H groups in total. The first-order valence-electron chi connectivity index (χ1n) is 7.68. The molecular formula is C17H27NO3. The van der Waals surface area contributed by atoms with Gasteiger partial charge in [0.15, 0.2) is 0 Å². The fraction of sp³-hybridized carbons (Fsp3) is 0.647. The number of rotatable bonds is 7. The van der Waals surface area contributed by atoms with E-state index in [0.29, 0.717) is 13.2 Å². The minimum absolute atomic E-state index is 0.125. The van der Waals surface area contributed by atoms with Gasteiger partial charge >= 0.3 is 0 Å². The number of nitrogens with zero attached hydrogens (tertiary/aromatic N) is 1. The molecule has 2 rings (SSSR count). The van der Waals surface area contributed by atoms with Crippen molar-refractivity contribution < 1.29 is 14.6 Å². The van der Waals surface area contributed by atoms with Crippen LogP contribution in [0.5, 0.6) is 0 Å². The summed E-state index contributed by atoms with van der Waals surface area (Å²) in [5, 5.41) is 10.8. The van der Waals surface area contributed by atoms with E-state index < -0.39 is 6.10 Å². The van der Waals surface area contributed by atoms with Gasteiger partial charge in [-0.25, -0.2) is 0 Å². The average Bonchev–Trinajstić information content (AvgIpc) is 2.50. The molecule has 4 nitrogen and oxygen atoms in total. The number of ether oxygens (including phenoxy) is 2. The molecule has 3 unspecified atom stereocenters. The molecule has 1 aliphatic carbocycles. The number of aryl methyl sites for hydroxylation is 1. The Morgan fingerprint density at radius 1 is 1.29 bits per heavy atom. The number of aliphatic hydroxyl groups is 1. The maximum absolute atomic E-state index is 10.8. The van der Waals surface area contributed by atoms with Crippen LogP contribution in [0, 0.1) is 0 Å². The summed E-state index contributed by atoms with van der Waals surface area (Å²) in [7, 11) is 3.43. The largest absolute Gasteiger partial charge is 0.387 e. The summed E-state index contributed by atoms with van der Waals surface area (Å²) in [6.07, 6.45) is 1.54. The van der Waals surface area contributed by atoms with Gasteiger partial charge in [-0.1, -0.05) is 24.3 Å². The van der Waals surface area contributed by atoms with Crippen LogP contribution in [0.15, 0.2) is 24.3 Å². The van der Waals surface area contributed by atoms with E-state index in [9.17, 15) is 5.11 Å². The van der Waals surface area contributed by atoms with Crippen LogP contribution in [-0.2, 0) is 15.9 Å². The third kappa shape index (κ3) is 3.83. The third-order valence-electron chi connectivity index (χ3n) is 4.40. The van der Waals surface area contributed by atoms with E-state index in [4.69, 9.17) is 9.47 Å². The van der Waals surface area contributed by atoms with Gasteiger partial charge in [-0.2, -0.15) is 0 Å². The van der Waals surface area contributed by atoms with E-state index in [0.717, 1.165) is 24.9 Å². The molecule has 0 amide bonds. The first-order valence-corrected chi connectivity index (χ1v) is 7.68. The van der Waals surface area contributed by atoms with Gasteiger partial charge in [0.05, 0.1) is 19.3 Å². The summed E-state index contributed by atoms with van der Waals surface area (Å²) >= 11 is 0. The summed E-state index contributed by atoms with van der Waals surface area (Å²) in [5.41, 5.74) is 2.34. The molecule has 4 heteroatoms. The molecule has 0 radical (unpaired) electrons. The Morgan fingerprint density at radius 2 is 2.05 bits per heavy atom. The highest BCUT2D eigenvalue weighted by Gasteiger charge is 2.34. The number of benzene rings is 1. The number of hydrogen-bond donors (Lipinski definition) is 1. The van der Waals surface area contributed by atoms with Crippen LogP contribution in [-0.4, -0.2) is 56.1 Å². The van der Waals surface area contributed by atoms with E-state index >= 15 is 0 Å². The van der Waals surface area contributed by atoms with Crippen molar-refractivity contribution in [3.8, 4) is 0 Å². The van der Waals surface area contributed by atoms with E-state index in [2.05, 4.69) is 17.9 Å². The summed E-state index contributed by atoms with van der Waals surface area (Å²) in [5.74, 6) is 0. The second-order valence-corrected chi connectivity index (χ2v) is 5.78. The van der Waals surface area contributed by atoms with Gasteiger partial charge in [0.1, 0.15) is 0 Å². The molecule has 0 bridgehead atoms. The maximum Gasteiger partial charge on any atom is 0.0948 e. The van der Waals surface area contributed by atoms with Crippen LogP contribution < -0.4 is 0 Å². The molecule has 0 spiro atoms. The lowest BCUT2D eigenvalue weighted by atomic mass is 9.84. The first-order chi connectivity index (χ1) is 10.2. The SMILES string of the molecule is COCCN(C(C)COC)C1CCc2ccccc2C1O. The van der Waals surface area contributed by atoms with Crippen molar-refractivity contribution in [2.24, 2.45) is 0 Å².